The standard InChI is InChI=1S/C19H19O7PS.2Na/c1-23-16-9-12(10-17(24-2)19(16)25-3)4-5-13-8-15(26-27(20,21)22)14-6-7-28-18(14)11-13;;/h4-11H,1-3H3,(H2,20,21,22);;/q;2*+1/p-2/b5-4-;;. The number of methoxy groups -OCH3 is 3. The second kappa shape index (κ2) is 11.9. The molecule has 0 N–H and O–H groups in total. The largest absolute Gasteiger partial charge is 1.00 e. The van der Waals surface area contributed by atoms with Crippen LogP contribution >= 0.6 is 19.2 Å². The normalized spacial score (nSPS) is 11.0. The van der Waals surface area contributed by atoms with E-state index in [4.69, 9.17) is 14.2 Å². The van der Waals surface area contributed by atoms with E-state index in [9.17, 15) is 14.4 Å². The van der Waals surface area contributed by atoms with Crippen LogP contribution in [0.25, 0.3) is 22.2 Å². The summed E-state index contributed by atoms with van der Waals surface area (Å²) < 4.78 is 32.5. The van der Waals surface area contributed by atoms with E-state index in [-0.39, 0.29) is 64.9 Å². The molecule has 3 aromatic rings. The summed E-state index contributed by atoms with van der Waals surface area (Å²) in [6.45, 7) is 0. The third-order valence-electron chi connectivity index (χ3n) is 3.92. The molecule has 2 aromatic carbocycles. The molecule has 0 radical (unpaired) electrons. The van der Waals surface area contributed by atoms with Crippen molar-refractivity contribution in [2.24, 2.45) is 0 Å². The van der Waals surface area contributed by atoms with Crippen LogP contribution in [0.4, 0.5) is 0 Å². The number of hydrogen-bond acceptors (Lipinski definition) is 8. The summed E-state index contributed by atoms with van der Waals surface area (Å²) >= 11 is 1.42. The fourth-order valence-electron chi connectivity index (χ4n) is 2.74. The molecule has 3 rings (SSSR count). The molecule has 148 valence electrons. The van der Waals surface area contributed by atoms with Gasteiger partial charge in [0, 0.05) is 10.1 Å². The minimum Gasteiger partial charge on any atom is -0.780 e. The number of phosphoric ester groups is 1. The number of benzene rings is 2. The van der Waals surface area contributed by atoms with Gasteiger partial charge in [-0.25, -0.2) is 0 Å². The molecule has 1 heterocycles. The Morgan fingerprint density at radius 2 is 1.40 bits per heavy atom. The van der Waals surface area contributed by atoms with Gasteiger partial charge in [-0.2, -0.15) is 0 Å². The van der Waals surface area contributed by atoms with Crippen LogP contribution in [-0.2, 0) is 4.57 Å². The van der Waals surface area contributed by atoms with Gasteiger partial charge >= 0.3 is 59.1 Å². The van der Waals surface area contributed by atoms with E-state index < -0.39 is 7.82 Å². The molecule has 0 unspecified atom stereocenters. The molecule has 0 fully saturated rings. The van der Waals surface area contributed by atoms with E-state index in [1.165, 1.54) is 38.7 Å². The van der Waals surface area contributed by atoms with Gasteiger partial charge in [-0.15, -0.1) is 11.3 Å². The van der Waals surface area contributed by atoms with Crippen molar-refractivity contribution in [3.05, 3.63) is 46.8 Å². The quantitative estimate of drug-likeness (QED) is 0.213. The Bertz CT molecular complexity index is 1050. The monoisotopic (exact) mass is 466 g/mol. The molecule has 0 aliphatic heterocycles. The average molecular weight is 466 g/mol. The number of fused-ring (bicyclic) bond motifs is 1. The zero-order valence-electron chi connectivity index (χ0n) is 17.3. The SMILES string of the molecule is COc1cc(/C=C\c2cc(OP(=O)([O-])[O-])c3ccsc3c2)cc(OC)c1OC.[Na+].[Na+]. The van der Waals surface area contributed by atoms with E-state index in [0.717, 1.165) is 10.3 Å². The van der Waals surface area contributed by atoms with Crippen molar-refractivity contribution in [1.29, 1.82) is 0 Å². The molecule has 0 bridgehead atoms. The van der Waals surface area contributed by atoms with Crippen LogP contribution in [-0.4, -0.2) is 21.3 Å². The molecular weight excluding hydrogens is 449 g/mol. The zero-order valence-corrected chi connectivity index (χ0v) is 23.0. The maximum atomic E-state index is 11.1. The van der Waals surface area contributed by atoms with Gasteiger partial charge in [0.25, 0.3) is 0 Å². The van der Waals surface area contributed by atoms with Crippen LogP contribution in [0.3, 0.4) is 0 Å². The summed E-state index contributed by atoms with van der Waals surface area (Å²) in [7, 11) is -0.573. The van der Waals surface area contributed by atoms with Crippen molar-refractivity contribution >= 4 is 41.4 Å². The second-order valence-electron chi connectivity index (χ2n) is 5.68. The van der Waals surface area contributed by atoms with Crippen LogP contribution in [0.5, 0.6) is 23.0 Å². The van der Waals surface area contributed by atoms with Gasteiger partial charge in [0.05, 0.1) is 21.3 Å². The Hall–Kier alpha value is -0.510. The Morgan fingerprint density at radius 3 is 1.90 bits per heavy atom. The van der Waals surface area contributed by atoms with Crippen LogP contribution in [0.1, 0.15) is 11.1 Å². The molecule has 0 aliphatic carbocycles. The maximum Gasteiger partial charge on any atom is 1.00 e. The van der Waals surface area contributed by atoms with E-state index >= 15 is 0 Å². The molecule has 1 aromatic heterocycles. The minimum atomic E-state index is -5.16. The summed E-state index contributed by atoms with van der Waals surface area (Å²) in [4.78, 5) is 22.1. The van der Waals surface area contributed by atoms with Crippen LogP contribution in [0.2, 0.25) is 0 Å². The molecule has 30 heavy (non-hydrogen) atoms. The van der Waals surface area contributed by atoms with Gasteiger partial charge in [0.2, 0.25) is 5.75 Å². The first-order chi connectivity index (χ1) is 13.3. The topological polar surface area (TPSA) is 100 Å². The molecule has 11 heteroatoms. The van der Waals surface area contributed by atoms with E-state index in [1.54, 1.807) is 35.7 Å². The minimum absolute atomic E-state index is 0. The molecule has 0 spiro atoms. The van der Waals surface area contributed by atoms with Crippen LogP contribution in [0.15, 0.2) is 35.7 Å². The van der Waals surface area contributed by atoms with Gasteiger partial charge in [0.15, 0.2) is 11.5 Å². The Balaban J connectivity index is 0.00000225. The van der Waals surface area contributed by atoms with Crippen LogP contribution in [0, 0.1) is 0 Å². The number of phosphoric acid groups is 1. The number of hydrogen-bond donors (Lipinski definition) is 0. The Labute approximate surface area is 222 Å². The third kappa shape index (κ3) is 6.74. The van der Waals surface area contributed by atoms with Crippen molar-refractivity contribution in [3.63, 3.8) is 0 Å². The van der Waals surface area contributed by atoms with Crippen molar-refractivity contribution in [2.75, 3.05) is 21.3 Å². The summed E-state index contributed by atoms with van der Waals surface area (Å²) in [5, 5.41) is 2.37. The summed E-state index contributed by atoms with van der Waals surface area (Å²) in [5.41, 5.74) is 1.45. The number of thiophene rings is 1. The third-order valence-corrected chi connectivity index (χ3v) is 5.21. The van der Waals surface area contributed by atoms with E-state index in [1.807, 2.05) is 6.07 Å². The van der Waals surface area contributed by atoms with Gasteiger partial charge in [-0.1, -0.05) is 12.2 Å². The second-order valence-corrected chi connectivity index (χ2v) is 7.71. The average Bonchev–Trinajstić information content (AvgIpc) is 3.13. The van der Waals surface area contributed by atoms with Crippen LogP contribution < -0.4 is 87.6 Å². The number of ether oxygens (including phenoxy) is 3. The molecule has 0 aliphatic rings. The molecule has 7 nitrogen and oxygen atoms in total. The first kappa shape index (κ1) is 27.5. The summed E-state index contributed by atoms with van der Waals surface area (Å²) in [5.74, 6) is 1.52. The molecule has 0 saturated heterocycles. The van der Waals surface area contributed by atoms with Gasteiger partial charge in [0.1, 0.15) is 13.6 Å². The fraction of sp³-hybridized carbons (Fsp3) is 0.158. The van der Waals surface area contributed by atoms with Crippen molar-refractivity contribution in [3.8, 4) is 23.0 Å². The first-order valence-electron chi connectivity index (χ1n) is 8.05. The molecular formula is C19H17Na2O7PS. The van der Waals surface area contributed by atoms with Crippen molar-refractivity contribution in [1.82, 2.24) is 0 Å². The fourth-order valence-corrected chi connectivity index (χ4v) is 3.98. The van der Waals surface area contributed by atoms with Crippen molar-refractivity contribution in [2.45, 2.75) is 0 Å². The predicted molar refractivity (Wildman–Crippen MR) is 105 cm³/mol. The van der Waals surface area contributed by atoms with E-state index in [2.05, 4.69) is 4.52 Å². The zero-order chi connectivity index (χ0) is 20.3. The van der Waals surface area contributed by atoms with E-state index in [0.29, 0.717) is 28.2 Å². The predicted octanol–water partition coefficient (Wildman–Crippen LogP) is -2.69. The maximum absolute atomic E-state index is 11.1. The van der Waals surface area contributed by atoms with Crippen molar-refractivity contribution < 1.29 is 92.2 Å². The van der Waals surface area contributed by atoms with Gasteiger partial charge < -0.3 is 33.1 Å². The Kier molecular flexibility index (Phi) is 10.9. The molecule has 0 atom stereocenters. The first-order valence-corrected chi connectivity index (χ1v) is 10.4. The van der Waals surface area contributed by atoms with Gasteiger partial charge in [-0.05, 0) is 46.8 Å². The van der Waals surface area contributed by atoms with Gasteiger partial charge in [-0.3, -0.25) is 0 Å². The summed E-state index contributed by atoms with van der Waals surface area (Å²) in [6, 6.07) is 8.65. The molecule has 0 amide bonds. The Morgan fingerprint density at radius 1 is 0.867 bits per heavy atom. The molecule has 0 saturated carbocycles. The smallest absolute Gasteiger partial charge is 0.780 e. The summed E-state index contributed by atoms with van der Waals surface area (Å²) in [6.07, 6.45) is 3.57. The number of rotatable bonds is 7.